The maximum absolute atomic E-state index is 13.8. The van der Waals surface area contributed by atoms with E-state index < -0.39 is 11.6 Å². The van der Waals surface area contributed by atoms with Gasteiger partial charge < -0.3 is 5.32 Å². The Balaban J connectivity index is 2.08. The summed E-state index contributed by atoms with van der Waals surface area (Å²) in [6, 6.07) is 3.89. The molecule has 1 N–H and O–H groups in total. The van der Waals surface area contributed by atoms with E-state index in [2.05, 4.69) is 17.2 Å². The first-order valence-corrected chi connectivity index (χ1v) is 8.04. The molecule has 1 atom stereocenters. The van der Waals surface area contributed by atoms with Gasteiger partial charge in [0.1, 0.15) is 11.6 Å². The Bertz CT molecular complexity index is 583. The van der Waals surface area contributed by atoms with Gasteiger partial charge in [0.05, 0.1) is 5.01 Å². The average molecular weight is 310 g/mol. The Morgan fingerprint density at radius 3 is 2.71 bits per heavy atom. The fourth-order valence-electron chi connectivity index (χ4n) is 2.22. The number of benzene rings is 1. The first-order valence-electron chi connectivity index (χ1n) is 7.16. The molecule has 114 valence electrons. The van der Waals surface area contributed by atoms with Crippen LogP contribution in [0.25, 0.3) is 0 Å². The van der Waals surface area contributed by atoms with Crippen LogP contribution in [-0.2, 0) is 12.8 Å². The molecule has 0 bridgehead atoms. The van der Waals surface area contributed by atoms with Gasteiger partial charge in [-0.25, -0.2) is 13.8 Å². The van der Waals surface area contributed by atoms with E-state index in [4.69, 9.17) is 0 Å². The molecule has 0 fully saturated rings. The molecule has 21 heavy (non-hydrogen) atoms. The van der Waals surface area contributed by atoms with Crippen LogP contribution in [0.1, 0.15) is 29.6 Å². The van der Waals surface area contributed by atoms with Crippen LogP contribution in [-0.4, -0.2) is 17.6 Å². The number of hydrogen-bond acceptors (Lipinski definition) is 3. The summed E-state index contributed by atoms with van der Waals surface area (Å²) < 4.78 is 26.8. The standard InChI is InChI=1S/C16H20F2N2S/c1-3-6-19-14(9-16-20-11(2)10-21-16)7-12-4-5-13(17)8-15(12)18/h4-5,8,10,14,19H,3,6-7,9H2,1-2H3. The molecule has 1 heterocycles. The van der Waals surface area contributed by atoms with Crippen molar-refractivity contribution >= 4 is 11.3 Å². The summed E-state index contributed by atoms with van der Waals surface area (Å²) in [6.07, 6.45) is 2.30. The quantitative estimate of drug-likeness (QED) is 0.839. The lowest BCUT2D eigenvalue weighted by Gasteiger charge is -2.18. The van der Waals surface area contributed by atoms with Crippen molar-refractivity contribution in [1.29, 1.82) is 0 Å². The molecule has 2 nitrogen and oxygen atoms in total. The van der Waals surface area contributed by atoms with E-state index in [0.717, 1.165) is 36.2 Å². The minimum atomic E-state index is -0.537. The second-order valence-corrected chi connectivity index (χ2v) is 6.12. The van der Waals surface area contributed by atoms with Crippen molar-refractivity contribution in [2.24, 2.45) is 0 Å². The SMILES string of the molecule is CCCNC(Cc1nc(C)cs1)Cc1ccc(F)cc1F. The third kappa shape index (κ3) is 4.86. The van der Waals surface area contributed by atoms with Crippen LogP contribution in [0.3, 0.4) is 0 Å². The van der Waals surface area contributed by atoms with E-state index in [0.29, 0.717) is 12.0 Å². The van der Waals surface area contributed by atoms with Gasteiger partial charge in [0.25, 0.3) is 0 Å². The molecule has 1 aromatic heterocycles. The van der Waals surface area contributed by atoms with Crippen LogP contribution >= 0.6 is 11.3 Å². The maximum atomic E-state index is 13.8. The third-order valence-electron chi connectivity index (χ3n) is 3.25. The van der Waals surface area contributed by atoms with Gasteiger partial charge in [0.15, 0.2) is 0 Å². The highest BCUT2D eigenvalue weighted by molar-refractivity contribution is 7.09. The molecular weight excluding hydrogens is 290 g/mol. The lowest BCUT2D eigenvalue weighted by atomic mass is 10.0. The maximum Gasteiger partial charge on any atom is 0.129 e. The van der Waals surface area contributed by atoms with Crippen LogP contribution < -0.4 is 5.32 Å². The van der Waals surface area contributed by atoms with Gasteiger partial charge >= 0.3 is 0 Å². The zero-order valence-electron chi connectivity index (χ0n) is 12.3. The van der Waals surface area contributed by atoms with Crippen LogP contribution in [0.5, 0.6) is 0 Å². The molecule has 0 aliphatic rings. The summed E-state index contributed by atoms with van der Waals surface area (Å²) in [5.74, 6) is -1.02. The van der Waals surface area contributed by atoms with E-state index in [-0.39, 0.29) is 6.04 Å². The van der Waals surface area contributed by atoms with E-state index in [1.165, 1.54) is 12.1 Å². The summed E-state index contributed by atoms with van der Waals surface area (Å²) in [6.45, 7) is 4.93. The van der Waals surface area contributed by atoms with Gasteiger partial charge in [0.2, 0.25) is 0 Å². The molecule has 0 aliphatic carbocycles. The van der Waals surface area contributed by atoms with Crippen molar-refractivity contribution < 1.29 is 8.78 Å². The molecule has 0 spiro atoms. The smallest absolute Gasteiger partial charge is 0.129 e. The summed E-state index contributed by atoms with van der Waals surface area (Å²) >= 11 is 1.62. The Kier molecular flexibility index (Phi) is 5.82. The summed E-state index contributed by atoms with van der Waals surface area (Å²) in [7, 11) is 0. The molecule has 1 aromatic carbocycles. The third-order valence-corrected chi connectivity index (χ3v) is 4.24. The molecule has 0 amide bonds. The fourth-order valence-corrected chi connectivity index (χ4v) is 3.08. The van der Waals surface area contributed by atoms with Gasteiger partial charge in [-0.2, -0.15) is 0 Å². The van der Waals surface area contributed by atoms with Gasteiger partial charge in [-0.15, -0.1) is 11.3 Å². The number of halogens is 2. The molecule has 0 radical (unpaired) electrons. The van der Waals surface area contributed by atoms with Gasteiger partial charge in [-0.1, -0.05) is 13.0 Å². The largest absolute Gasteiger partial charge is 0.313 e. The number of hydrogen-bond donors (Lipinski definition) is 1. The lowest BCUT2D eigenvalue weighted by molar-refractivity contribution is 0.488. The number of nitrogens with one attached hydrogen (secondary N) is 1. The number of rotatable bonds is 7. The highest BCUT2D eigenvalue weighted by Crippen LogP contribution is 2.16. The molecule has 2 rings (SSSR count). The van der Waals surface area contributed by atoms with Crippen molar-refractivity contribution in [2.75, 3.05) is 6.54 Å². The van der Waals surface area contributed by atoms with E-state index in [9.17, 15) is 8.78 Å². The van der Waals surface area contributed by atoms with Crippen LogP contribution in [0.4, 0.5) is 8.78 Å². The van der Waals surface area contributed by atoms with Gasteiger partial charge in [-0.3, -0.25) is 0 Å². The highest BCUT2D eigenvalue weighted by Gasteiger charge is 2.14. The number of thiazole rings is 1. The number of nitrogens with zero attached hydrogens (tertiary/aromatic N) is 1. The minimum Gasteiger partial charge on any atom is -0.313 e. The first kappa shape index (κ1) is 16.0. The minimum absolute atomic E-state index is 0.107. The molecule has 2 aromatic rings. The molecule has 1 unspecified atom stereocenters. The van der Waals surface area contributed by atoms with Crippen molar-refractivity contribution in [3.8, 4) is 0 Å². The monoisotopic (exact) mass is 310 g/mol. The van der Waals surface area contributed by atoms with E-state index in [1.54, 1.807) is 11.3 Å². The summed E-state index contributed by atoms with van der Waals surface area (Å²) in [4.78, 5) is 4.46. The van der Waals surface area contributed by atoms with E-state index >= 15 is 0 Å². The van der Waals surface area contributed by atoms with Crippen LogP contribution in [0, 0.1) is 18.6 Å². The Hall–Kier alpha value is -1.33. The zero-order valence-corrected chi connectivity index (χ0v) is 13.1. The molecule has 0 saturated heterocycles. The Morgan fingerprint density at radius 2 is 2.10 bits per heavy atom. The predicted octanol–water partition coefficient (Wildman–Crippen LogP) is 3.88. The van der Waals surface area contributed by atoms with Crippen molar-refractivity contribution in [1.82, 2.24) is 10.3 Å². The number of aromatic nitrogens is 1. The second-order valence-electron chi connectivity index (χ2n) is 5.18. The topological polar surface area (TPSA) is 24.9 Å². The predicted molar refractivity (Wildman–Crippen MR) is 82.7 cm³/mol. The molecule has 0 aliphatic heterocycles. The average Bonchev–Trinajstić information content (AvgIpc) is 2.84. The lowest BCUT2D eigenvalue weighted by Crippen LogP contribution is -2.34. The zero-order chi connectivity index (χ0) is 15.2. The summed E-state index contributed by atoms with van der Waals surface area (Å²) in [5, 5.41) is 6.49. The van der Waals surface area contributed by atoms with Crippen molar-refractivity contribution in [2.45, 2.75) is 39.2 Å². The fraction of sp³-hybridized carbons (Fsp3) is 0.438. The van der Waals surface area contributed by atoms with E-state index in [1.807, 2.05) is 12.3 Å². The number of aryl methyl sites for hydroxylation is 1. The van der Waals surface area contributed by atoms with Crippen LogP contribution in [0.2, 0.25) is 0 Å². The second kappa shape index (κ2) is 7.61. The Morgan fingerprint density at radius 1 is 1.29 bits per heavy atom. The van der Waals surface area contributed by atoms with Crippen molar-refractivity contribution in [3.63, 3.8) is 0 Å². The highest BCUT2D eigenvalue weighted by atomic mass is 32.1. The Labute approximate surface area is 128 Å². The van der Waals surface area contributed by atoms with Crippen LogP contribution in [0.15, 0.2) is 23.6 Å². The molecule has 0 saturated carbocycles. The van der Waals surface area contributed by atoms with Gasteiger partial charge in [-0.05, 0) is 37.9 Å². The first-order chi connectivity index (χ1) is 10.1. The van der Waals surface area contributed by atoms with Crippen molar-refractivity contribution in [3.05, 3.63) is 51.5 Å². The molecular formula is C16H20F2N2S. The van der Waals surface area contributed by atoms with Gasteiger partial charge in [0, 0.05) is 29.6 Å². The molecule has 5 heteroatoms. The normalized spacial score (nSPS) is 12.6. The summed E-state index contributed by atoms with van der Waals surface area (Å²) in [5.41, 5.74) is 1.55.